The molecule has 0 atom stereocenters. The van der Waals surface area contributed by atoms with Gasteiger partial charge in [0.25, 0.3) is 5.91 Å². The van der Waals surface area contributed by atoms with Crippen LogP contribution in [0.2, 0.25) is 0 Å². The Morgan fingerprint density at radius 3 is 2.43 bits per heavy atom. The van der Waals surface area contributed by atoms with Gasteiger partial charge in [0, 0.05) is 31.7 Å². The monoisotopic (exact) mass is 412 g/mol. The highest BCUT2D eigenvalue weighted by atomic mass is 16.5. The third-order valence-electron chi connectivity index (χ3n) is 4.45. The molecule has 0 heterocycles. The summed E-state index contributed by atoms with van der Waals surface area (Å²) in [4.78, 5) is 16.8. The fraction of sp³-hybridized carbons (Fsp3) is 0.391. The van der Waals surface area contributed by atoms with Gasteiger partial charge >= 0.3 is 0 Å². The molecule has 3 N–H and O–H groups in total. The summed E-state index contributed by atoms with van der Waals surface area (Å²) in [6, 6.07) is 13.4. The van der Waals surface area contributed by atoms with Crippen LogP contribution in [0.25, 0.3) is 0 Å². The minimum atomic E-state index is -0.0732. The highest BCUT2D eigenvalue weighted by Gasteiger charge is 2.06. The standard InChI is InChI=1S/C23H32N4O3/c1-5-24-23(26-12-11-18-9-10-20(29-3)21(16-18)30-4)27-14-13-25-22(28)19-8-6-7-17(2)15-19/h6-10,15-16H,5,11-14H2,1-4H3,(H,25,28)(H2,24,26,27). The van der Waals surface area contributed by atoms with E-state index in [-0.39, 0.29) is 5.91 Å². The molecule has 0 spiro atoms. The normalized spacial score (nSPS) is 11.0. The lowest BCUT2D eigenvalue weighted by Crippen LogP contribution is -2.41. The number of ether oxygens (including phenoxy) is 2. The van der Waals surface area contributed by atoms with E-state index < -0.39 is 0 Å². The first kappa shape index (κ1) is 23.1. The van der Waals surface area contributed by atoms with Crippen LogP contribution in [0.5, 0.6) is 11.5 Å². The molecule has 162 valence electrons. The van der Waals surface area contributed by atoms with E-state index in [1.54, 1.807) is 14.2 Å². The maximum absolute atomic E-state index is 12.2. The highest BCUT2D eigenvalue weighted by Crippen LogP contribution is 2.27. The van der Waals surface area contributed by atoms with Crippen LogP contribution >= 0.6 is 0 Å². The van der Waals surface area contributed by atoms with Crippen LogP contribution < -0.4 is 25.4 Å². The van der Waals surface area contributed by atoms with Crippen LogP contribution in [0.3, 0.4) is 0 Å². The summed E-state index contributed by atoms with van der Waals surface area (Å²) in [6.07, 6.45) is 0.779. The average molecular weight is 413 g/mol. The zero-order chi connectivity index (χ0) is 21.8. The van der Waals surface area contributed by atoms with Crippen molar-refractivity contribution < 1.29 is 14.3 Å². The number of hydrogen-bond donors (Lipinski definition) is 3. The lowest BCUT2D eigenvalue weighted by atomic mass is 10.1. The van der Waals surface area contributed by atoms with E-state index in [1.807, 2.05) is 56.3 Å². The van der Waals surface area contributed by atoms with E-state index in [0.717, 1.165) is 30.1 Å². The number of methoxy groups -OCH3 is 2. The van der Waals surface area contributed by atoms with Crippen LogP contribution in [0.4, 0.5) is 0 Å². The summed E-state index contributed by atoms with van der Waals surface area (Å²) in [6.45, 7) is 6.47. The number of carbonyl (C=O) groups is 1. The second-order valence-corrected chi connectivity index (χ2v) is 6.75. The van der Waals surface area contributed by atoms with Gasteiger partial charge in [-0.3, -0.25) is 9.79 Å². The molecule has 0 aliphatic rings. The van der Waals surface area contributed by atoms with Crippen molar-refractivity contribution in [1.29, 1.82) is 0 Å². The van der Waals surface area contributed by atoms with E-state index in [0.29, 0.717) is 36.7 Å². The minimum Gasteiger partial charge on any atom is -0.493 e. The van der Waals surface area contributed by atoms with E-state index in [4.69, 9.17) is 9.47 Å². The predicted octanol–water partition coefficient (Wildman–Crippen LogP) is 2.54. The van der Waals surface area contributed by atoms with Crippen LogP contribution in [0, 0.1) is 6.92 Å². The number of aryl methyl sites for hydroxylation is 1. The molecule has 30 heavy (non-hydrogen) atoms. The zero-order valence-corrected chi connectivity index (χ0v) is 18.2. The quantitative estimate of drug-likeness (QED) is 0.317. The summed E-state index contributed by atoms with van der Waals surface area (Å²) < 4.78 is 10.6. The van der Waals surface area contributed by atoms with Crippen molar-refractivity contribution in [2.75, 3.05) is 40.4 Å². The molecule has 7 nitrogen and oxygen atoms in total. The topological polar surface area (TPSA) is 84.0 Å². The fourth-order valence-corrected chi connectivity index (χ4v) is 2.92. The number of guanidine groups is 1. The number of aliphatic imine (C=N–C) groups is 1. The van der Waals surface area contributed by atoms with Crippen molar-refractivity contribution >= 4 is 11.9 Å². The van der Waals surface area contributed by atoms with Crippen molar-refractivity contribution in [3.05, 3.63) is 59.2 Å². The Balaban J connectivity index is 1.80. The summed E-state index contributed by atoms with van der Waals surface area (Å²) in [5.74, 6) is 2.08. The summed E-state index contributed by atoms with van der Waals surface area (Å²) in [5.41, 5.74) is 2.86. The molecule has 1 amide bonds. The van der Waals surface area contributed by atoms with E-state index in [9.17, 15) is 4.79 Å². The van der Waals surface area contributed by atoms with Crippen molar-refractivity contribution in [2.24, 2.45) is 4.99 Å². The van der Waals surface area contributed by atoms with Crippen molar-refractivity contribution in [2.45, 2.75) is 20.3 Å². The van der Waals surface area contributed by atoms with Gasteiger partial charge in [-0.1, -0.05) is 23.8 Å². The highest BCUT2D eigenvalue weighted by molar-refractivity contribution is 5.94. The van der Waals surface area contributed by atoms with Gasteiger partial charge in [0.05, 0.1) is 14.2 Å². The molecule has 0 saturated heterocycles. The van der Waals surface area contributed by atoms with Crippen molar-refractivity contribution in [3.63, 3.8) is 0 Å². The molecule has 2 rings (SSSR count). The molecule has 0 unspecified atom stereocenters. The maximum Gasteiger partial charge on any atom is 0.251 e. The number of carbonyl (C=O) groups excluding carboxylic acids is 1. The van der Waals surface area contributed by atoms with Crippen LogP contribution in [0.15, 0.2) is 47.5 Å². The van der Waals surface area contributed by atoms with Gasteiger partial charge in [-0.15, -0.1) is 0 Å². The zero-order valence-electron chi connectivity index (χ0n) is 18.2. The third-order valence-corrected chi connectivity index (χ3v) is 4.45. The van der Waals surface area contributed by atoms with E-state index in [2.05, 4.69) is 20.9 Å². The third kappa shape index (κ3) is 7.31. The molecule has 0 bridgehead atoms. The Morgan fingerprint density at radius 2 is 1.73 bits per heavy atom. The Morgan fingerprint density at radius 1 is 0.967 bits per heavy atom. The lowest BCUT2D eigenvalue weighted by molar-refractivity contribution is 0.0954. The molecule has 2 aromatic rings. The Hall–Kier alpha value is -3.22. The van der Waals surface area contributed by atoms with Crippen molar-refractivity contribution in [1.82, 2.24) is 16.0 Å². The average Bonchev–Trinajstić information content (AvgIpc) is 2.76. The number of nitrogens with zero attached hydrogens (tertiary/aromatic N) is 1. The van der Waals surface area contributed by atoms with Gasteiger partial charge in [0.15, 0.2) is 17.5 Å². The SMILES string of the molecule is CCNC(=NCCc1ccc(OC)c(OC)c1)NCCNC(=O)c1cccc(C)c1. The van der Waals surface area contributed by atoms with Gasteiger partial charge < -0.3 is 25.4 Å². The van der Waals surface area contributed by atoms with Gasteiger partial charge in [-0.05, 0) is 50.1 Å². The first-order valence-corrected chi connectivity index (χ1v) is 10.1. The molecule has 0 fully saturated rings. The van der Waals surface area contributed by atoms with Crippen molar-refractivity contribution in [3.8, 4) is 11.5 Å². The summed E-state index contributed by atoms with van der Waals surface area (Å²) >= 11 is 0. The molecule has 0 saturated carbocycles. The molecule has 7 heteroatoms. The second kappa shape index (κ2) is 12.4. The summed E-state index contributed by atoms with van der Waals surface area (Å²) in [5, 5.41) is 9.38. The molecule has 0 aliphatic carbocycles. The largest absolute Gasteiger partial charge is 0.493 e. The van der Waals surface area contributed by atoms with Crippen LogP contribution in [-0.4, -0.2) is 52.3 Å². The lowest BCUT2D eigenvalue weighted by Gasteiger charge is -2.12. The number of hydrogen-bond acceptors (Lipinski definition) is 4. The first-order valence-electron chi connectivity index (χ1n) is 10.1. The van der Waals surface area contributed by atoms with Crippen LogP contribution in [-0.2, 0) is 6.42 Å². The van der Waals surface area contributed by atoms with E-state index in [1.165, 1.54) is 0 Å². The predicted molar refractivity (Wildman–Crippen MR) is 121 cm³/mol. The molecule has 0 radical (unpaired) electrons. The molecule has 0 aliphatic heterocycles. The van der Waals surface area contributed by atoms with Gasteiger partial charge in [-0.2, -0.15) is 0 Å². The molecular formula is C23H32N4O3. The number of benzene rings is 2. The smallest absolute Gasteiger partial charge is 0.251 e. The molecule has 2 aromatic carbocycles. The molecule has 0 aromatic heterocycles. The van der Waals surface area contributed by atoms with Crippen LogP contribution in [0.1, 0.15) is 28.4 Å². The van der Waals surface area contributed by atoms with Gasteiger partial charge in [-0.25, -0.2) is 0 Å². The Kier molecular flexibility index (Phi) is 9.51. The second-order valence-electron chi connectivity index (χ2n) is 6.75. The minimum absolute atomic E-state index is 0.0732. The van der Waals surface area contributed by atoms with Gasteiger partial charge in [0.1, 0.15) is 0 Å². The molecular weight excluding hydrogens is 380 g/mol. The number of amides is 1. The maximum atomic E-state index is 12.2. The first-order chi connectivity index (χ1) is 14.6. The van der Waals surface area contributed by atoms with Gasteiger partial charge in [0.2, 0.25) is 0 Å². The summed E-state index contributed by atoms with van der Waals surface area (Å²) in [7, 11) is 3.25. The Bertz CT molecular complexity index is 852. The fourth-order valence-electron chi connectivity index (χ4n) is 2.92. The van der Waals surface area contributed by atoms with E-state index >= 15 is 0 Å². The number of nitrogens with one attached hydrogen (secondary N) is 3. The Labute approximate surface area is 178 Å². The number of rotatable bonds is 10.